The number of amides is 1. The van der Waals surface area contributed by atoms with Gasteiger partial charge in [-0.05, 0) is 48.7 Å². The minimum absolute atomic E-state index is 0.185. The fourth-order valence-corrected chi connectivity index (χ4v) is 4.99. The van der Waals surface area contributed by atoms with Crippen LogP contribution in [-0.4, -0.2) is 27.8 Å². The summed E-state index contributed by atoms with van der Waals surface area (Å²) in [6, 6.07) is 25.2. The third-order valence-electron chi connectivity index (χ3n) is 6.11. The standard InChI is InChI=1S/C28H27N5O2S/c1-18-9-7-8-12-23(18)30-26(34)24-19(2)29-27-31-28(36-17-20-10-5-4-6-11-20)32-33(27)25(24)21-13-15-22(35-3)16-14-21/h4-16,25H,17H2,1-3H3,(H,30,34)(H,29,31,32). The fraction of sp³-hybridized carbons (Fsp3) is 0.179. The van der Waals surface area contributed by atoms with Crippen molar-refractivity contribution in [3.05, 3.63) is 107 Å². The normalized spacial score (nSPS) is 14.7. The maximum atomic E-state index is 13.7. The molecule has 7 nitrogen and oxygen atoms in total. The van der Waals surface area contributed by atoms with Gasteiger partial charge in [-0.2, -0.15) is 4.98 Å². The lowest BCUT2D eigenvalue weighted by atomic mass is 9.95. The predicted molar refractivity (Wildman–Crippen MR) is 143 cm³/mol. The molecule has 1 aliphatic heterocycles. The second kappa shape index (κ2) is 10.3. The molecular formula is C28H27N5O2S. The smallest absolute Gasteiger partial charge is 0.255 e. The second-order valence-corrected chi connectivity index (χ2v) is 9.49. The van der Waals surface area contributed by atoms with E-state index in [4.69, 9.17) is 14.8 Å². The number of hydrogen-bond acceptors (Lipinski definition) is 6. The number of carbonyl (C=O) groups excluding carboxylic acids is 1. The van der Waals surface area contributed by atoms with E-state index >= 15 is 0 Å². The van der Waals surface area contributed by atoms with E-state index in [1.54, 1.807) is 23.6 Å². The zero-order valence-corrected chi connectivity index (χ0v) is 21.2. The number of aromatic nitrogens is 3. The first-order chi connectivity index (χ1) is 17.5. The van der Waals surface area contributed by atoms with Crippen molar-refractivity contribution >= 4 is 29.3 Å². The molecule has 0 spiro atoms. The van der Waals surface area contributed by atoms with Crippen LogP contribution in [0.2, 0.25) is 0 Å². The number of rotatable bonds is 7. The number of para-hydroxylation sites is 1. The van der Waals surface area contributed by atoms with Crippen LogP contribution < -0.4 is 15.4 Å². The van der Waals surface area contributed by atoms with Crippen molar-refractivity contribution in [3.63, 3.8) is 0 Å². The summed E-state index contributed by atoms with van der Waals surface area (Å²) in [5, 5.41) is 11.9. The van der Waals surface area contributed by atoms with Crippen LogP contribution in [0.1, 0.15) is 29.7 Å². The maximum absolute atomic E-state index is 13.7. The van der Waals surface area contributed by atoms with E-state index in [1.807, 2.05) is 80.6 Å². The predicted octanol–water partition coefficient (Wildman–Crippen LogP) is 5.82. The molecule has 8 heteroatoms. The Morgan fingerprint density at radius 1 is 1.03 bits per heavy atom. The Morgan fingerprint density at radius 2 is 1.75 bits per heavy atom. The molecule has 182 valence electrons. The molecule has 0 saturated carbocycles. The third kappa shape index (κ3) is 4.85. The van der Waals surface area contributed by atoms with E-state index in [0.29, 0.717) is 16.7 Å². The highest BCUT2D eigenvalue weighted by molar-refractivity contribution is 7.98. The zero-order chi connectivity index (χ0) is 25.1. The highest BCUT2D eigenvalue weighted by atomic mass is 32.2. The molecule has 1 unspecified atom stereocenters. The lowest BCUT2D eigenvalue weighted by Crippen LogP contribution is -2.31. The largest absolute Gasteiger partial charge is 0.497 e. The monoisotopic (exact) mass is 497 g/mol. The van der Waals surface area contributed by atoms with Crippen molar-refractivity contribution in [3.8, 4) is 5.75 Å². The van der Waals surface area contributed by atoms with E-state index < -0.39 is 6.04 Å². The molecular weight excluding hydrogens is 470 g/mol. The molecule has 0 saturated heterocycles. The van der Waals surface area contributed by atoms with E-state index in [9.17, 15) is 4.79 Å². The first-order valence-corrected chi connectivity index (χ1v) is 12.6. The molecule has 0 aliphatic carbocycles. The maximum Gasteiger partial charge on any atom is 0.255 e. The van der Waals surface area contributed by atoms with Crippen LogP contribution in [0.25, 0.3) is 0 Å². The van der Waals surface area contributed by atoms with Crippen molar-refractivity contribution in [1.82, 2.24) is 14.8 Å². The van der Waals surface area contributed by atoms with Crippen molar-refractivity contribution < 1.29 is 9.53 Å². The number of hydrogen-bond donors (Lipinski definition) is 2. The third-order valence-corrected chi connectivity index (χ3v) is 7.02. The minimum atomic E-state index is -0.449. The summed E-state index contributed by atoms with van der Waals surface area (Å²) in [7, 11) is 1.64. The van der Waals surface area contributed by atoms with Gasteiger partial charge in [0.1, 0.15) is 11.8 Å². The molecule has 5 rings (SSSR count). The molecule has 4 aromatic rings. The van der Waals surface area contributed by atoms with Gasteiger partial charge in [-0.15, -0.1) is 5.10 Å². The first-order valence-electron chi connectivity index (χ1n) is 11.7. The van der Waals surface area contributed by atoms with Gasteiger partial charge in [0.05, 0.1) is 12.7 Å². The van der Waals surface area contributed by atoms with Crippen molar-refractivity contribution in [2.45, 2.75) is 30.8 Å². The fourth-order valence-electron chi connectivity index (χ4n) is 4.21. The molecule has 1 amide bonds. The number of allylic oxidation sites excluding steroid dienone is 1. The van der Waals surface area contributed by atoms with Crippen LogP contribution in [0.5, 0.6) is 5.75 Å². The van der Waals surface area contributed by atoms with Crippen LogP contribution in [-0.2, 0) is 10.5 Å². The Balaban J connectivity index is 1.50. The number of anilines is 2. The van der Waals surface area contributed by atoms with Crippen LogP contribution >= 0.6 is 11.8 Å². The van der Waals surface area contributed by atoms with E-state index in [0.717, 1.165) is 34.0 Å². The molecule has 0 radical (unpaired) electrons. The highest BCUT2D eigenvalue weighted by Gasteiger charge is 2.34. The lowest BCUT2D eigenvalue weighted by molar-refractivity contribution is -0.113. The number of ether oxygens (including phenoxy) is 1. The van der Waals surface area contributed by atoms with Gasteiger partial charge in [-0.1, -0.05) is 72.4 Å². The van der Waals surface area contributed by atoms with Crippen LogP contribution in [0.3, 0.4) is 0 Å². The Labute approximate surface area is 214 Å². The topological polar surface area (TPSA) is 81.1 Å². The van der Waals surface area contributed by atoms with E-state index in [2.05, 4.69) is 22.8 Å². The summed E-state index contributed by atoms with van der Waals surface area (Å²) in [5.74, 6) is 1.92. The molecule has 1 atom stereocenters. The zero-order valence-electron chi connectivity index (χ0n) is 20.4. The number of aryl methyl sites for hydroxylation is 1. The molecule has 0 fully saturated rings. The van der Waals surface area contributed by atoms with Gasteiger partial charge in [-0.3, -0.25) is 4.79 Å². The van der Waals surface area contributed by atoms with Crippen LogP contribution in [0.15, 0.2) is 95.3 Å². The Hall–Kier alpha value is -4.04. The molecule has 0 bridgehead atoms. The molecule has 1 aliphatic rings. The highest BCUT2D eigenvalue weighted by Crippen LogP contribution is 2.37. The summed E-state index contributed by atoms with van der Waals surface area (Å²) in [6.45, 7) is 3.88. The van der Waals surface area contributed by atoms with Gasteiger partial charge in [0.2, 0.25) is 11.1 Å². The van der Waals surface area contributed by atoms with Gasteiger partial charge in [-0.25, -0.2) is 4.68 Å². The SMILES string of the molecule is COc1ccc(C2C(C(=O)Nc3ccccc3C)=C(C)Nc3nc(SCc4ccccc4)nn32)cc1. The van der Waals surface area contributed by atoms with Gasteiger partial charge < -0.3 is 15.4 Å². The number of nitrogens with one attached hydrogen (secondary N) is 2. The quantitative estimate of drug-likeness (QED) is 0.314. The molecule has 2 N–H and O–H groups in total. The summed E-state index contributed by atoms with van der Waals surface area (Å²) in [6.07, 6.45) is 0. The number of carbonyl (C=O) groups is 1. The van der Waals surface area contributed by atoms with Crippen molar-refractivity contribution in [2.24, 2.45) is 0 Å². The number of fused-ring (bicyclic) bond motifs is 1. The van der Waals surface area contributed by atoms with Crippen LogP contribution in [0, 0.1) is 6.92 Å². The van der Waals surface area contributed by atoms with Gasteiger partial charge in [0.25, 0.3) is 5.91 Å². The Morgan fingerprint density at radius 3 is 2.47 bits per heavy atom. The number of methoxy groups -OCH3 is 1. The summed E-state index contributed by atoms with van der Waals surface area (Å²) in [5.41, 5.74) is 5.21. The average Bonchev–Trinajstić information content (AvgIpc) is 3.31. The van der Waals surface area contributed by atoms with Crippen LogP contribution in [0.4, 0.5) is 11.6 Å². The minimum Gasteiger partial charge on any atom is -0.497 e. The molecule has 2 heterocycles. The van der Waals surface area contributed by atoms with E-state index in [-0.39, 0.29) is 5.91 Å². The summed E-state index contributed by atoms with van der Waals surface area (Å²) < 4.78 is 7.15. The Bertz CT molecular complexity index is 1410. The molecule has 36 heavy (non-hydrogen) atoms. The van der Waals surface area contributed by atoms with Crippen molar-refractivity contribution in [1.29, 1.82) is 0 Å². The number of benzene rings is 3. The Kier molecular flexibility index (Phi) is 6.77. The number of thioether (sulfide) groups is 1. The summed E-state index contributed by atoms with van der Waals surface area (Å²) in [4.78, 5) is 18.4. The average molecular weight is 498 g/mol. The summed E-state index contributed by atoms with van der Waals surface area (Å²) >= 11 is 1.56. The van der Waals surface area contributed by atoms with E-state index in [1.165, 1.54) is 5.56 Å². The lowest BCUT2D eigenvalue weighted by Gasteiger charge is -2.29. The van der Waals surface area contributed by atoms with Crippen molar-refractivity contribution in [2.75, 3.05) is 17.7 Å². The first kappa shape index (κ1) is 23.7. The molecule has 1 aromatic heterocycles. The second-order valence-electron chi connectivity index (χ2n) is 8.55. The van der Waals surface area contributed by atoms with Gasteiger partial charge in [0, 0.05) is 17.1 Å². The molecule has 3 aromatic carbocycles. The van der Waals surface area contributed by atoms with Gasteiger partial charge >= 0.3 is 0 Å². The number of nitrogens with zero attached hydrogens (tertiary/aromatic N) is 3. The van der Waals surface area contributed by atoms with Gasteiger partial charge in [0.15, 0.2) is 0 Å².